The summed E-state index contributed by atoms with van der Waals surface area (Å²) >= 11 is 13.3. The number of ether oxygens (including phenoxy) is 1. The number of rotatable bonds is 2. The maximum atomic E-state index is 13.5. The first-order valence-electron chi connectivity index (χ1n) is 9.42. The van der Waals surface area contributed by atoms with Gasteiger partial charge in [-0.1, -0.05) is 90.2 Å². The van der Waals surface area contributed by atoms with Crippen molar-refractivity contribution in [1.82, 2.24) is 4.90 Å². The molecule has 0 N–H and O–H groups in total. The molecule has 2 aliphatic rings. The van der Waals surface area contributed by atoms with Crippen LogP contribution in [0.5, 0.6) is 11.5 Å². The van der Waals surface area contributed by atoms with Crippen molar-refractivity contribution in [1.29, 1.82) is 0 Å². The lowest BCUT2D eigenvalue weighted by atomic mass is 9.92. The van der Waals surface area contributed by atoms with Gasteiger partial charge in [0.2, 0.25) is 0 Å². The van der Waals surface area contributed by atoms with Crippen LogP contribution in [0.2, 0.25) is 5.02 Å². The second-order valence-electron chi connectivity index (χ2n) is 7.11. The number of aryl methyl sites for hydroxylation is 1. The highest BCUT2D eigenvalue weighted by Crippen LogP contribution is 2.50. The molecule has 0 radical (unpaired) electrons. The summed E-state index contributed by atoms with van der Waals surface area (Å²) in [6, 6.07) is 20.9. The fourth-order valence-electron chi connectivity index (χ4n) is 3.82. The molecule has 6 heteroatoms. The molecule has 30 heavy (non-hydrogen) atoms. The van der Waals surface area contributed by atoms with E-state index in [1.807, 2.05) is 79.7 Å². The lowest BCUT2D eigenvalue weighted by Gasteiger charge is -2.34. The number of thioether (sulfide) groups is 1. The Bertz CT molecular complexity index is 1240. The first-order valence-corrected chi connectivity index (χ1v) is 11.0. The van der Waals surface area contributed by atoms with Crippen molar-refractivity contribution in [3.63, 3.8) is 0 Å². The lowest BCUT2D eigenvalue weighted by Crippen LogP contribution is -2.35. The van der Waals surface area contributed by atoms with Gasteiger partial charge in [-0.3, -0.25) is 9.69 Å². The van der Waals surface area contributed by atoms with Crippen LogP contribution in [0, 0.1) is 6.92 Å². The fourth-order valence-corrected chi connectivity index (χ4v) is 5.32. The monoisotopic (exact) mass is 449 g/mol. The molecule has 1 atom stereocenters. The van der Waals surface area contributed by atoms with Gasteiger partial charge in [-0.2, -0.15) is 0 Å². The van der Waals surface area contributed by atoms with Crippen LogP contribution >= 0.6 is 35.6 Å². The van der Waals surface area contributed by atoms with Gasteiger partial charge in [-0.25, -0.2) is 0 Å². The van der Waals surface area contributed by atoms with Crippen molar-refractivity contribution in [2.45, 2.75) is 13.0 Å². The Labute approximate surface area is 189 Å². The van der Waals surface area contributed by atoms with Gasteiger partial charge < -0.3 is 4.74 Å². The van der Waals surface area contributed by atoms with E-state index in [9.17, 15) is 4.79 Å². The Kier molecular flexibility index (Phi) is 4.89. The third-order valence-electron chi connectivity index (χ3n) is 5.24. The summed E-state index contributed by atoms with van der Waals surface area (Å²) in [6.45, 7) is 2.01. The predicted molar refractivity (Wildman–Crippen MR) is 126 cm³/mol. The molecule has 1 saturated heterocycles. The molecule has 1 fully saturated rings. The van der Waals surface area contributed by atoms with E-state index in [1.54, 1.807) is 4.90 Å². The van der Waals surface area contributed by atoms with Crippen LogP contribution in [0.4, 0.5) is 0 Å². The van der Waals surface area contributed by atoms with Gasteiger partial charge >= 0.3 is 0 Å². The Morgan fingerprint density at radius 1 is 1.03 bits per heavy atom. The molecule has 0 spiro atoms. The molecular formula is C24H16ClNO2S2. The SMILES string of the molecule is Cc1cccc2c1Oc1ccccc1[C@H]2N1C(=O)/C(=C\c2ccccc2Cl)SC1=S. The van der Waals surface area contributed by atoms with E-state index in [-0.39, 0.29) is 11.9 Å². The first-order chi connectivity index (χ1) is 14.5. The Morgan fingerprint density at radius 2 is 1.77 bits per heavy atom. The topological polar surface area (TPSA) is 29.5 Å². The summed E-state index contributed by atoms with van der Waals surface area (Å²) in [5.41, 5.74) is 3.67. The molecule has 0 aromatic heterocycles. The number of hydrogen-bond acceptors (Lipinski definition) is 4. The van der Waals surface area contributed by atoms with E-state index in [0.29, 0.717) is 14.2 Å². The number of carbonyl (C=O) groups is 1. The summed E-state index contributed by atoms with van der Waals surface area (Å²) < 4.78 is 6.71. The zero-order chi connectivity index (χ0) is 20.8. The second-order valence-corrected chi connectivity index (χ2v) is 9.19. The van der Waals surface area contributed by atoms with Crippen molar-refractivity contribution >= 4 is 51.9 Å². The number of thiocarbonyl (C=S) groups is 1. The Hall–Kier alpha value is -2.60. The van der Waals surface area contributed by atoms with Gasteiger partial charge in [0.25, 0.3) is 5.91 Å². The first kappa shape index (κ1) is 19.4. The summed E-state index contributed by atoms with van der Waals surface area (Å²) in [5.74, 6) is 1.40. The maximum Gasteiger partial charge on any atom is 0.267 e. The quantitative estimate of drug-likeness (QED) is 0.320. The average molecular weight is 450 g/mol. The van der Waals surface area contributed by atoms with E-state index in [4.69, 9.17) is 28.6 Å². The van der Waals surface area contributed by atoms with Gasteiger partial charge in [0.05, 0.1) is 10.9 Å². The van der Waals surface area contributed by atoms with Crippen molar-refractivity contribution in [2.24, 2.45) is 0 Å². The summed E-state index contributed by atoms with van der Waals surface area (Å²) in [7, 11) is 0. The number of fused-ring (bicyclic) bond motifs is 2. The minimum atomic E-state index is -0.338. The molecule has 1 amide bonds. The fraction of sp³-hybridized carbons (Fsp3) is 0.0833. The molecule has 2 aliphatic heterocycles. The van der Waals surface area contributed by atoms with Crippen LogP contribution in [-0.2, 0) is 4.79 Å². The molecule has 0 unspecified atom stereocenters. The third kappa shape index (κ3) is 3.14. The van der Waals surface area contributed by atoms with Crippen LogP contribution in [0.1, 0.15) is 28.3 Å². The standard InChI is InChI=1S/C24H16ClNO2S2/c1-14-7-6-10-17-21(16-9-3-5-12-19(16)28-22(14)17)26-23(27)20(30-24(26)29)13-15-8-2-4-11-18(15)25/h2-13,21H,1H3/b20-13+/t21-/m1/s1. The van der Waals surface area contributed by atoms with Gasteiger partial charge in [-0.15, -0.1) is 0 Å². The second kappa shape index (κ2) is 7.58. The van der Waals surface area contributed by atoms with E-state index in [0.717, 1.165) is 33.8 Å². The normalized spacial score (nSPS) is 18.9. The third-order valence-corrected chi connectivity index (χ3v) is 6.91. The molecule has 3 nitrogen and oxygen atoms in total. The van der Waals surface area contributed by atoms with Crippen molar-refractivity contribution in [3.8, 4) is 11.5 Å². The largest absolute Gasteiger partial charge is 0.456 e. The number of nitrogens with zero attached hydrogens (tertiary/aromatic N) is 1. The Morgan fingerprint density at radius 3 is 2.60 bits per heavy atom. The molecule has 3 aromatic carbocycles. The highest BCUT2D eigenvalue weighted by atomic mass is 35.5. The molecule has 3 aromatic rings. The molecule has 0 bridgehead atoms. The van der Waals surface area contributed by atoms with Crippen LogP contribution in [0.3, 0.4) is 0 Å². The van der Waals surface area contributed by atoms with E-state index in [2.05, 4.69) is 0 Å². The highest BCUT2D eigenvalue weighted by molar-refractivity contribution is 8.26. The summed E-state index contributed by atoms with van der Waals surface area (Å²) in [4.78, 5) is 15.8. The van der Waals surface area contributed by atoms with Gasteiger partial charge in [0.1, 0.15) is 15.8 Å². The van der Waals surface area contributed by atoms with Crippen molar-refractivity contribution in [2.75, 3.05) is 0 Å². The minimum absolute atomic E-state index is 0.126. The van der Waals surface area contributed by atoms with Crippen LogP contribution in [0.15, 0.2) is 71.6 Å². The molecule has 0 aliphatic carbocycles. The number of carbonyl (C=O) groups excluding carboxylic acids is 1. The van der Waals surface area contributed by atoms with Crippen molar-refractivity contribution < 1.29 is 9.53 Å². The number of benzene rings is 3. The summed E-state index contributed by atoms with van der Waals surface area (Å²) in [6.07, 6.45) is 1.81. The predicted octanol–water partition coefficient (Wildman–Crippen LogP) is 6.74. The minimum Gasteiger partial charge on any atom is -0.456 e. The molecule has 0 saturated carbocycles. The van der Waals surface area contributed by atoms with Crippen LogP contribution in [-0.4, -0.2) is 15.1 Å². The highest BCUT2D eigenvalue weighted by Gasteiger charge is 2.42. The summed E-state index contributed by atoms with van der Waals surface area (Å²) in [5, 5.41) is 0.597. The molecular weight excluding hydrogens is 434 g/mol. The zero-order valence-electron chi connectivity index (χ0n) is 16.0. The maximum absolute atomic E-state index is 13.5. The number of hydrogen-bond donors (Lipinski definition) is 0. The zero-order valence-corrected chi connectivity index (χ0v) is 18.4. The lowest BCUT2D eigenvalue weighted by molar-refractivity contribution is -0.123. The van der Waals surface area contributed by atoms with Gasteiger partial charge in [0, 0.05) is 16.1 Å². The molecule has 148 valence electrons. The van der Waals surface area contributed by atoms with Crippen LogP contribution < -0.4 is 4.74 Å². The Balaban J connectivity index is 1.63. The van der Waals surface area contributed by atoms with Crippen LogP contribution in [0.25, 0.3) is 6.08 Å². The van der Waals surface area contributed by atoms with E-state index >= 15 is 0 Å². The molecule has 2 heterocycles. The van der Waals surface area contributed by atoms with E-state index < -0.39 is 0 Å². The van der Waals surface area contributed by atoms with Gasteiger partial charge in [0.15, 0.2) is 0 Å². The van der Waals surface area contributed by atoms with Crippen molar-refractivity contribution in [3.05, 3.63) is 98.9 Å². The number of amides is 1. The number of halogens is 1. The molecule has 5 rings (SSSR count). The van der Waals surface area contributed by atoms with E-state index in [1.165, 1.54) is 11.8 Å². The van der Waals surface area contributed by atoms with Gasteiger partial charge in [-0.05, 0) is 36.3 Å². The smallest absolute Gasteiger partial charge is 0.267 e. The average Bonchev–Trinajstić information content (AvgIpc) is 3.01. The number of para-hydroxylation sites is 2.